The van der Waals surface area contributed by atoms with E-state index in [1.807, 2.05) is 42.5 Å². The van der Waals surface area contributed by atoms with Gasteiger partial charge in [-0.1, -0.05) is 36.4 Å². The lowest BCUT2D eigenvalue weighted by molar-refractivity contribution is -0.137. The van der Waals surface area contributed by atoms with E-state index in [0.717, 1.165) is 36.1 Å². The molecule has 0 bridgehead atoms. The molecule has 39 heavy (non-hydrogen) atoms. The van der Waals surface area contributed by atoms with Gasteiger partial charge in [0.25, 0.3) is 12.4 Å². The Morgan fingerprint density at radius 1 is 1.03 bits per heavy atom. The van der Waals surface area contributed by atoms with Gasteiger partial charge in [0.1, 0.15) is 6.10 Å². The van der Waals surface area contributed by atoms with E-state index in [0.29, 0.717) is 49.0 Å². The van der Waals surface area contributed by atoms with Gasteiger partial charge in [0.15, 0.2) is 0 Å². The molecule has 0 aliphatic heterocycles. The van der Waals surface area contributed by atoms with Crippen LogP contribution in [0.3, 0.4) is 0 Å². The van der Waals surface area contributed by atoms with Crippen LogP contribution in [0.1, 0.15) is 47.3 Å². The number of hydrogen-bond donors (Lipinski definition) is 1. The van der Waals surface area contributed by atoms with E-state index in [2.05, 4.69) is 10.3 Å². The highest BCUT2D eigenvalue weighted by Gasteiger charge is 2.33. The average molecular weight is 536 g/mol. The molecular weight excluding hydrogens is 507 g/mol. The number of alkyl halides is 3. The molecule has 1 amide bonds. The number of amides is 1. The van der Waals surface area contributed by atoms with Crippen LogP contribution in [0.2, 0.25) is 0 Å². The molecule has 0 radical (unpaired) electrons. The third-order valence-electron chi connectivity index (χ3n) is 7.29. The summed E-state index contributed by atoms with van der Waals surface area (Å²) < 4.78 is 47.8. The molecule has 1 fully saturated rings. The molecule has 1 saturated carbocycles. The quantitative estimate of drug-likeness (QED) is 0.272. The average Bonchev–Trinajstić information content (AvgIpc) is 3.35. The molecular formula is C30H28F3N3O3. The van der Waals surface area contributed by atoms with Crippen molar-refractivity contribution < 1.29 is 27.5 Å². The maximum absolute atomic E-state index is 13.7. The van der Waals surface area contributed by atoms with E-state index in [-0.39, 0.29) is 17.6 Å². The maximum Gasteiger partial charge on any atom is 0.416 e. The van der Waals surface area contributed by atoms with Crippen LogP contribution in [0.25, 0.3) is 22.0 Å². The normalized spacial score (nSPS) is 17.6. The first kappa shape index (κ1) is 26.5. The number of aromatic nitrogens is 2. The van der Waals surface area contributed by atoms with Gasteiger partial charge in [-0.25, -0.2) is 0 Å². The van der Waals surface area contributed by atoms with Crippen molar-refractivity contribution in [1.82, 2.24) is 14.9 Å². The van der Waals surface area contributed by atoms with Crippen molar-refractivity contribution in [2.75, 3.05) is 6.54 Å². The minimum atomic E-state index is -4.59. The first-order chi connectivity index (χ1) is 18.8. The minimum absolute atomic E-state index is 0.0243. The number of pyridine rings is 1. The maximum atomic E-state index is 13.7. The molecule has 5 rings (SSSR count). The van der Waals surface area contributed by atoms with Gasteiger partial charge < -0.3 is 14.6 Å². The van der Waals surface area contributed by atoms with Gasteiger partial charge in [0.2, 0.25) is 0 Å². The van der Waals surface area contributed by atoms with Gasteiger partial charge in [-0.15, -0.1) is 0 Å². The highest BCUT2D eigenvalue weighted by molar-refractivity contribution is 6.06. The Kier molecular flexibility index (Phi) is 7.67. The van der Waals surface area contributed by atoms with Crippen molar-refractivity contribution >= 4 is 23.3 Å². The number of hydrogen-bond acceptors (Lipinski definition) is 4. The van der Waals surface area contributed by atoms with E-state index in [4.69, 9.17) is 4.74 Å². The van der Waals surface area contributed by atoms with E-state index in [9.17, 15) is 22.8 Å². The molecule has 0 spiro atoms. The zero-order valence-corrected chi connectivity index (χ0v) is 21.2. The molecule has 2 aromatic heterocycles. The molecule has 1 aliphatic rings. The largest absolute Gasteiger partial charge is 0.465 e. The molecule has 2 aromatic carbocycles. The molecule has 4 aromatic rings. The summed E-state index contributed by atoms with van der Waals surface area (Å²) in [5.74, 6) is -0.384. The summed E-state index contributed by atoms with van der Waals surface area (Å²) in [5.41, 5.74) is 2.24. The Labute approximate surface area is 223 Å². The molecule has 0 saturated heterocycles. The fourth-order valence-electron chi connectivity index (χ4n) is 5.19. The fourth-order valence-corrected chi connectivity index (χ4v) is 5.19. The Hall–Kier alpha value is -4.14. The van der Waals surface area contributed by atoms with Crippen molar-refractivity contribution in [3.05, 3.63) is 89.9 Å². The van der Waals surface area contributed by atoms with Crippen LogP contribution < -0.4 is 5.32 Å². The van der Waals surface area contributed by atoms with Crippen LogP contribution >= 0.6 is 0 Å². The lowest BCUT2D eigenvalue weighted by atomic mass is 9.87. The zero-order chi connectivity index (χ0) is 27.4. The van der Waals surface area contributed by atoms with Gasteiger partial charge in [-0.3, -0.25) is 14.6 Å². The van der Waals surface area contributed by atoms with Crippen molar-refractivity contribution in [2.24, 2.45) is 5.92 Å². The first-order valence-electron chi connectivity index (χ1n) is 12.9. The SMILES string of the molecule is O=COC1CCC(CNC(=O)c2cc(C(F)(F)F)cc3ccn(Cc4ccc(-c5ccccc5)cn4)c23)CC1. The van der Waals surface area contributed by atoms with Crippen LogP contribution in [-0.2, 0) is 22.3 Å². The number of benzene rings is 2. The lowest BCUT2D eigenvalue weighted by Gasteiger charge is -2.27. The number of halogens is 3. The summed E-state index contributed by atoms with van der Waals surface area (Å²) in [6.45, 7) is 1.09. The molecule has 6 nitrogen and oxygen atoms in total. The molecule has 2 heterocycles. The van der Waals surface area contributed by atoms with Crippen molar-refractivity contribution in [3.63, 3.8) is 0 Å². The van der Waals surface area contributed by atoms with Gasteiger partial charge >= 0.3 is 6.18 Å². The number of nitrogens with zero attached hydrogens (tertiary/aromatic N) is 2. The van der Waals surface area contributed by atoms with Gasteiger partial charge in [0, 0.05) is 29.9 Å². The zero-order valence-electron chi connectivity index (χ0n) is 21.2. The topological polar surface area (TPSA) is 73.2 Å². The number of rotatable bonds is 8. The van der Waals surface area contributed by atoms with Crippen molar-refractivity contribution in [3.8, 4) is 11.1 Å². The predicted octanol–water partition coefficient (Wildman–Crippen LogP) is 6.23. The van der Waals surface area contributed by atoms with E-state index < -0.39 is 17.6 Å². The summed E-state index contributed by atoms with van der Waals surface area (Å²) >= 11 is 0. The van der Waals surface area contributed by atoms with Crippen molar-refractivity contribution in [2.45, 2.75) is 44.5 Å². The number of nitrogens with one attached hydrogen (secondary N) is 1. The summed E-state index contributed by atoms with van der Waals surface area (Å²) in [6.07, 6.45) is 1.67. The summed E-state index contributed by atoms with van der Waals surface area (Å²) in [6, 6.07) is 17.2. The Balaban J connectivity index is 1.38. The van der Waals surface area contributed by atoms with Crippen LogP contribution in [-0.4, -0.2) is 34.6 Å². The van der Waals surface area contributed by atoms with Crippen LogP contribution in [0.15, 0.2) is 73.1 Å². The predicted molar refractivity (Wildman–Crippen MR) is 141 cm³/mol. The van der Waals surface area contributed by atoms with Crippen LogP contribution in [0.4, 0.5) is 13.2 Å². The second-order valence-electron chi connectivity index (χ2n) is 9.89. The molecule has 9 heteroatoms. The van der Waals surface area contributed by atoms with E-state index in [1.54, 1.807) is 23.0 Å². The highest BCUT2D eigenvalue weighted by atomic mass is 19.4. The van der Waals surface area contributed by atoms with Gasteiger partial charge in [-0.2, -0.15) is 13.2 Å². The van der Waals surface area contributed by atoms with Crippen LogP contribution in [0, 0.1) is 5.92 Å². The molecule has 202 valence electrons. The monoisotopic (exact) mass is 535 g/mol. The van der Waals surface area contributed by atoms with Gasteiger partial charge in [-0.05, 0) is 61.4 Å². The lowest BCUT2D eigenvalue weighted by Crippen LogP contribution is -2.33. The highest BCUT2D eigenvalue weighted by Crippen LogP contribution is 2.34. The minimum Gasteiger partial charge on any atom is -0.465 e. The van der Waals surface area contributed by atoms with E-state index in [1.165, 1.54) is 0 Å². The first-order valence-corrected chi connectivity index (χ1v) is 12.9. The van der Waals surface area contributed by atoms with Gasteiger partial charge in [0.05, 0.1) is 28.9 Å². The van der Waals surface area contributed by atoms with E-state index >= 15 is 0 Å². The third-order valence-corrected chi connectivity index (χ3v) is 7.29. The third kappa shape index (κ3) is 6.13. The molecule has 0 unspecified atom stereocenters. The molecule has 1 aliphatic carbocycles. The molecule has 1 N–H and O–H groups in total. The number of carbonyl (C=O) groups is 2. The summed E-state index contributed by atoms with van der Waals surface area (Å²) in [5, 5.41) is 3.18. The summed E-state index contributed by atoms with van der Waals surface area (Å²) in [4.78, 5) is 28.4. The van der Waals surface area contributed by atoms with Crippen LogP contribution in [0.5, 0.6) is 0 Å². The summed E-state index contributed by atoms with van der Waals surface area (Å²) in [7, 11) is 0. The molecule has 0 atom stereocenters. The number of fused-ring (bicyclic) bond motifs is 1. The van der Waals surface area contributed by atoms with Crippen molar-refractivity contribution in [1.29, 1.82) is 0 Å². The second kappa shape index (κ2) is 11.3. The smallest absolute Gasteiger partial charge is 0.416 e. The Morgan fingerprint density at radius 3 is 2.46 bits per heavy atom. The number of ether oxygens (including phenoxy) is 1. The Morgan fingerprint density at radius 2 is 1.79 bits per heavy atom. The standard InChI is InChI=1S/C30H28F3N3O3/c31-30(32,33)24-14-22-12-13-36(18-25-9-8-23(17-34-25)21-4-2-1-3-5-21)28(22)27(15-24)29(38)35-16-20-6-10-26(11-7-20)39-19-37/h1-5,8-9,12-15,17,19-20,26H,6-7,10-11,16,18H2,(H,35,38). The number of carbonyl (C=O) groups excluding carboxylic acids is 2. The fraction of sp³-hybridized carbons (Fsp3) is 0.300. The second-order valence-corrected chi connectivity index (χ2v) is 9.89. The Bertz CT molecular complexity index is 1440.